The first-order valence-electron chi connectivity index (χ1n) is 7.21. The van der Waals surface area contributed by atoms with Crippen LogP contribution in [0.3, 0.4) is 0 Å². The number of hydrogen-bond donors (Lipinski definition) is 0. The zero-order valence-corrected chi connectivity index (χ0v) is 13.0. The summed E-state index contributed by atoms with van der Waals surface area (Å²) in [7, 11) is 0. The Hall–Kier alpha value is -2.33. The summed E-state index contributed by atoms with van der Waals surface area (Å²) in [5.74, 6) is 0.0540. The topological polar surface area (TPSA) is 33.5 Å². The quantitative estimate of drug-likeness (QED) is 0.682. The van der Waals surface area contributed by atoms with Gasteiger partial charge in [0.2, 0.25) is 0 Å². The van der Waals surface area contributed by atoms with Crippen LogP contribution in [0.5, 0.6) is 0 Å². The van der Waals surface area contributed by atoms with Gasteiger partial charge in [-0.05, 0) is 36.1 Å². The normalized spacial score (nSPS) is 10.5. The van der Waals surface area contributed by atoms with Crippen molar-refractivity contribution in [2.45, 2.75) is 13.0 Å². The second-order valence-electron chi connectivity index (χ2n) is 5.05. The van der Waals surface area contributed by atoms with Gasteiger partial charge in [-0.3, -0.25) is 4.79 Å². The molecule has 3 rings (SSSR count). The number of hydrogen-bond acceptors (Lipinski definition) is 3. The fraction of sp³-hybridized carbons (Fsp3) is 0.167. The summed E-state index contributed by atoms with van der Waals surface area (Å²) in [4.78, 5) is 15.9. The van der Waals surface area contributed by atoms with Crippen molar-refractivity contribution in [3.05, 3.63) is 82.4 Å². The van der Waals surface area contributed by atoms with Gasteiger partial charge in [0.1, 0.15) is 0 Å². The molecule has 0 atom stereocenters. The highest BCUT2D eigenvalue weighted by Gasteiger charge is 2.16. The number of furan rings is 1. The summed E-state index contributed by atoms with van der Waals surface area (Å²) in [6, 6.07) is 15.5. The molecule has 0 fully saturated rings. The lowest BCUT2D eigenvalue weighted by molar-refractivity contribution is 0.0745. The first-order valence-corrected chi connectivity index (χ1v) is 8.08. The number of benzene rings is 1. The molecule has 0 aliphatic rings. The first kappa shape index (κ1) is 14.6. The lowest BCUT2D eigenvalue weighted by Crippen LogP contribution is -2.32. The number of carbonyl (C=O) groups is 1. The summed E-state index contributed by atoms with van der Waals surface area (Å²) >= 11 is 1.72. The Morgan fingerprint density at radius 1 is 1.09 bits per heavy atom. The first-order chi connectivity index (χ1) is 10.8. The molecule has 0 saturated heterocycles. The predicted octanol–water partition coefficient (Wildman–Crippen LogP) is 4.23. The second kappa shape index (κ2) is 7.09. The molecule has 1 amide bonds. The molecule has 3 aromatic rings. The van der Waals surface area contributed by atoms with E-state index in [9.17, 15) is 4.79 Å². The molecular weight excluding hydrogens is 294 g/mol. The molecule has 4 heteroatoms. The monoisotopic (exact) mass is 311 g/mol. The minimum Gasteiger partial charge on any atom is -0.472 e. The van der Waals surface area contributed by atoms with Gasteiger partial charge < -0.3 is 9.32 Å². The molecule has 0 unspecified atom stereocenters. The van der Waals surface area contributed by atoms with Crippen molar-refractivity contribution in [1.29, 1.82) is 0 Å². The zero-order chi connectivity index (χ0) is 15.2. The van der Waals surface area contributed by atoms with Crippen LogP contribution in [0.1, 0.15) is 20.8 Å². The van der Waals surface area contributed by atoms with Gasteiger partial charge in [-0.15, -0.1) is 11.3 Å². The van der Waals surface area contributed by atoms with Crippen LogP contribution in [-0.2, 0) is 13.0 Å². The maximum Gasteiger partial charge on any atom is 0.254 e. The van der Waals surface area contributed by atoms with Crippen LogP contribution in [0, 0.1) is 0 Å². The molecule has 0 aliphatic carbocycles. The van der Waals surface area contributed by atoms with Gasteiger partial charge in [0.15, 0.2) is 0 Å². The molecule has 22 heavy (non-hydrogen) atoms. The van der Waals surface area contributed by atoms with Crippen molar-refractivity contribution >= 4 is 17.2 Å². The summed E-state index contributed by atoms with van der Waals surface area (Å²) in [6.45, 7) is 1.26. The molecule has 1 aromatic carbocycles. The third-order valence-electron chi connectivity index (χ3n) is 3.47. The molecule has 2 heterocycles. The van der Waals surface area contributed by atoms with E-state index in [2.05, 4.69) is 11.4 Å². The second-order valence-corrected chi connectivity index (χ2v) is 6.09. The average Bonchev–Trinajstić information content (AvgIpc) is 3.25. The van der Waals surface area contributed by atoms with E-state index in [-0.39, 0.29) is 5.91 Å². The minimum atomic E-state index is 0.0540. The fourth-order valence-corrected chi connectivity index (χ4v) is 3.02. The molecule has 0 saturated carbocycles. The number of nitrogens with zero attached hydrogens (tertiary/aromatic N) is 1. The summed E-state index contributed by atoms with van der Waals surface area (Å²) < 4.78 is 5.12. The predicted molar refractivity (Wildman–Crippen MR) is 87.9 cm³/mol. The van der Waals surface area contributed by atoms with Gasteiger partial charge in [-0.1, -0.05) is 24.3 Å². The van der Waals surface area contributed by atoms with E-state index >= 15 is 0 Å². The van der Waals surface area contributed by atoms with E-state index in [0.29, 0.717) is 13.1 Å². The van der Waals surface area contributed by atoms with Crippen molar-refractivity contribution in [1.82, 2.24) is 4.90 Å². The molecule has 0 spiro atoms. The van der Waals surface area contributed by atoms with Gasteiger partial charge in [-0.25, -0.2) is 0 Å². The van der Waals surface area contributed by atoms with Gasteiger partial charge in [0, 0.05) is 29.1 Å². The Morgan fingerprint density at radius 2 is 1.95 bits per heavy atom. The van der Waals surface area contributed by atoms with Crippen LogP contribution in [0.4, 0.5) is 0 Å². The van der Waals surface area contributed by atoms with E-state index < -0.39 is 0 Å². The fourth-order valence-electron chi connectivity index (χ4n) is 2.32. The molecule has 0 bridgehead atoms. The van der Waals surface area contributed by atoms with Crippen LogP contribution in [-0.4, -0.2) is 17.4 Å². The number of amides is 1. The Bertz CT molecular complexity index is 690. The molecule has 112 valence electrons. The number of thiophene rings is 1. The van der Waals surface area contributed by atoms with Gasteiger partial charge in [-0.2, -0.15) is 0 Å². The zero-order valence-electron chi connectivity index (χ0n) is 12.1. The standard InChI is InChI=1S/C18H17NO2S/c20-18(16-5-2-1-3-6-16)19(13-15-9-11-21-14-15)10-8-17-7-4-12-22-17/h1-7,9,11-12,14H,8,10,13H2. The highest BCUT2D eigenvalue weighted by atomic mass is 32.1. The lowest BCUT2D eigenvalue weighted by Gasteiger charge is -2.22. The van der Waals surface area contributed by atoms with E-state index in [1.54, 1.807) is 23.9 Å². The van der Waals surface area contributed by atoms with Crippen molar-refractivity contribution < 1.29 is 9.21 Å². The highest BCUT2D eigenvalue weighted by Crippen LogP contribution is 2.14. The van der Waals surface area contributed by atoms with Crippen molar-refractivity contribution in [3.63, 3.8) is 0 Å². The van der Waals surface area contributed by atoms with Crippen LogP contribution >= 0.6 is 11.3 Å². The van der Waals surface area contributed by atoms with Crippen LogP contribution in [0.15, 0.2) is 70.9 Å². The van der Waals surface area contributed by atoms with Crippen LogP contribution in [0.25, 0.3) is 0 Å². The van der Waals surface area contributed by atoms with Gasteiger partial charge in [0.25, 0.3) is 5.91 Å². The molecule has 0 N–H and O–H groups in total. The van der Waals surface area contributed by atoms with E-state index in [1.165, 1.54) is 4.88 Å². The summed E-state index contributed by atoms with van der Waals surface area (Å²) in [5.41, 5.74) is 1.73. The van der Waals surface area contributed by atoms with Crippen LogP contribution < -0.4 is 0 Å². The summed E-state index contributed by atoms with van der Waals surface area (Å²) in [5, 5.41) is 2.06. The van der Waals surface area contributed by atoms with Crippen molar-refractivity contribution in [3.8, 4) is 0 Å². The summed E-state index contributed by atoms with van der Waals surface area (Å²) in [6.07, 6.45) is 4.20. The Morgan fingerprint density at radius 3 is 2.64 bits per heavy atom. The van der Waals surface area contributed by atoms with Gasteiger partial charge in [0.05, 0.1) is 12.5 Å². The van der Waals surface area contributed by atoms with E-state index in [4.69, 9.17) is 4.42 Å². The maximum absolute atomic E-state index is 12.7. The minimum absolute atomic E-state index is 0.0540. The Labute approximate surface area is 133 Å². The van der Waals surface area contributed by atoms with Crippen molar-refractivity contribution in [2.75, 3.05) is 6.54 Å². The SMILES string of the molecule is O=C(c1ccccc1)N(CCc1cccs1)Cc1ccoc1. The maximum atomic E-state index is 12.7. The van der Waals surface area contributed by atoms with Crippen LogP contribution in [0.2, 0.25) is 0 Å². The lowest BCUT2D eigenvalue weighted by atomic mass is 10.1. The number of rotatable bonds is 6. The Balaban J connectivity index is 1.74. The average molecular weight is 311 g/mol. The number of carbonyl (C=O) groups excluding carboxylic acids is 1. The van der Waals surface area contributed by atoms with E-state index in [1.807, 2.05) is 47.4 Å². The molecular formula is C18H17NO2S. The largest absolute Gasteiger partial charge is 0.472 e. The molecule has 3 nitrogen and oxygen atoms in total. The Kier molecular flexibility index (Phi) is 4.71. The third kappa shape index (κ3) is 3.65. The van der Waals surface area contributed by atoms with E-state index in [0.717, 1.165) is 17.5 Å². The van der Waals surface area contributed by atoms with Gasteiger partial charge >= 0.3 is 0 Å². The molecule has 0 aliphatic heterocycles. The third-order valence-corrected chi connectivity index (χ3v) is 4.41. The van der Waals surface area contributed by atoms with Crippen molar-refractivity contribution in [2.24, 2.45) is 0 Å². The molecule has 2 aromatic heterocycles. The smallest absolute Gasteiger partial charge is 0.254 e. The molecule has 0 radical (unpaired) electrons. The highest BCUT2D eigenvalue weighted by molar-refractivity contribution is 7.09.